The van der Waals surface area contributed by atoms with E-state index in [1.54, 1.807) is 13.2 Å². The first-order valence-corrected chi connectivity index (χ1v) is 6.69. The molecule has 0 saturated heterocycles. The average molecular weight is 251 g/mol. The molecule has 1 aliphatic carbocycles. The summed E-state index contributed by atoms with van der Waals surface area (Å²) < 4.78 is 18.9. The van der Waals surface area contributed by atoms with E-state index < -0.39 is 0 Å². The minimum atomic E-state index is -0.174. The van der Waals surface area contributed by atoms with Crippen LogP contribution in [0.25, 0.3) is 0 Å². The maximum Gasteiger partial charge on any atom is 0.123 e. The highest BCUT2D eigenvalue weighted by Crippen LogP contribution is 2.40. The summed E-state index contributed by atoms with van der Waals surface area (Å²) in [6.07, 6.45) is 2.66. The number of nitrogens with one attached hydrogen (secondary N) is 1. The van der Waals surface area contributed by atoms with Crippen LogP contribution in [0.5, 0.6) is 0 Å². The number of aryl methyl sites for hydroxylation is 1. The van der Waals surface area contributed by atoms with Gasteiger partial charge in [-0.15, -0.1) is 0 Å². The van der Waals surface area contributed by atoms with E-state index in [1.807, 2.05) is 13.0 Å². The van der Waals surface area contributed by atoms with Crippen molar-refractivity contribution in [2.45, 2.75) is 38.8 Å². The molecule has 1 N–H and O–H groups in total. The number of benzene rings is 1. The van der Waals surface area contributed by atoms with Gasteiger partial charge in [-0.3, -0.25) is 0 Å². The largest absolute Gasteiger partial charge is 0.379 e. The van der Waals surface area contributed by atoms with E-state index in [0.717, 1.165) is 17.7 Å². The molecule has 0 spiro atoms. The zero-order valence-electron chi connectivity index (χ0n) is 11.4. The maximum absolute atomic E-state index is 13.2. The van der Waals surface area contributed by atoms with Gasteiger partial charge in [-0.05, 0) is 55.5 Å². The molecule has 2 nitrogen and oxygen atoms in total. The lowest BCUT2D eigenvalue weighted by Gasteiger charge is -2.28. The quantitative estimate of drug-likeness (QED) is 0.838. The monoisotopic (exact) mass is 251 g/mol. The Labute approximate surface area is 109 Å². The predicted molar refractivity (Wildman–Crippen MR) is 71.1 cm³/mol. The Morgan fingerprint density at radius 1 is 1.44 bits per heavy atom. The number of halogens is 1. The van der Waals surface area contributed by atoms with E-state index >= 15 is 0 Å². The molecule has 1 aromatic rings. The van der Waals surface area contributed by atoms with Crippen molar-refractivity contribution in [3.63, 3.8) is 0 Å². The van der Waals surface area contributed by atoms with Crippen LogP contribution >= 0.6 is 0 Å². The Hall–Kier alpha value is -0.930. The molecule has 1 saturated carbocycles. The first-order chi connectivity index (χ1) is 8.67. The van der Waals surface area contributed by atoms with Gasteiger partial charge in [0.15, 0.2) is 0 Å². The van der Waals surface area contributed by atoms with Crippen LogP contribution in [0, 0.1) is 18.7 Å². The lowest BCUT2D eigenvalue weighted by molar-refractivity contribution is 0.0509. The molecule has 3 heteroatoms. The molecule has 1 aromatic carbocycles. The summed E-state index contributed by atoms with van der Waals surface area (Å²) in [5.74, 6) is 0.468. The van der Waals surface area contributed by atoms with Gasteiger partial charge in [0, 0.05) is 7.11 Å². The van der Waals surface area contributed by atoms with Crippen molar-refractivity contribution in [3.8, 4) is 0 Å². The lowest BCUT2D eigenvalue weighted by Crippen LogP contribution is -2.35. The van der Waals surface area contributed by atoms with Crippen LogP contribution in [-0.2, 0) is 4.74 Å². The molecule has 100 valence electrons. The molecular formula is C15H22FNO. The lowest BCUT2D eigenvalue weighted by atomic mass is 9.94. The fourth-order valence-electron chi connectivity index (χ4n) is 2.64. The molecule has 0 heterocycles. The van der Waals surface area contributed by atoms with E-state index in [0.29, 0.717) is 5.92 Å². The second-order valence-corrected chi connectivity index (χ2v) is 5.07. The SMILES string of the molecule is CCNC(c1ccc(F)cc1C)C(OC)C1CC1. The molecule has 1 aliphatic rings. The van der Waals surface area contributed by atoms with Crippen LogP contribution in [0.2, 0.25) is 0 Å². The highest BCUT2D eigenvalue weighted by atomic mass is 19.1. The zero-order valence-corrected chi connectivity index (χ0v) is 11.4. The molecule has 0 radical (unpaired) electrons. The zero-order chi connectivity index (χ0) is 13.1. The number of ether oxygens (including phenoxy) is 1. The Morgan fingerprint density at radius 3 is 2.67 bits per heavy atom. The van der Waals surface area contributed by atoms with Gasteiger partial charge in [-0.2, -0.15) is 0 Å². The Bertz CT molecular complexity index is 403. The number of likely N-dealkylation sites (N-methyl/N-ethyl adjacent to an activating group) is 1. The third-order valence-corrected chi connectivity index (χ3v) is 3.68. The number of methoxy groups -OCH3 is 1. The first kappa shape index (κ1) is 13.5. The molecule has 0 aromatic heterocycles. The fraction of sp³-hybridized carbons (Fsp3) is 0.600. The standard InChI is InChI=1S/C15H22FNO/c1-4-17-14(15(18-3)11-5-6-11)13-8-7-12(16)9-10(13)2/h7-9,11,14-15,17H,4-6H2,1-3H3. The van der Waals surface area contributed by atoms with E-state index in [9.17, 15) is 4.39 Å². The van der Waals surface area contributed by atoms with Gasteiger partial charge in [-0.25, -0.2) is 4.39 Å². The molecular weight excluding hydrogens is 229 g/mol. The summed E-state index contributed by atoms with van der Waals surface area (Å²) in [6.45, 7) is 4.93. The summed E-state index contributed by atoms with van der Waals surface area (Å²) >= 11 is 0. The second kappa shape index (κ2) is 5.81. The summed E-state index contributed by atoms with van der Waals surface area (Å²) in [5, 5.41) is 3.48. The van der Waals surface area contributed by atoms with E-state index in [-0.39, 0.29) is 18.0 Å². The summed E-state index contributed by atoms with van der Waals surface area (Å²) in [4.78, 5) is 0. The van der Waals surface area contributed by atoms with Crippen molar-refractivity contribution in [2.75, 3.05) is 13.7 Å². The van der Waals surface area contributed by atoms with Gasteiger partial charge in [0.05, 0.1) is 12.1 Å². The van der Waals surface area contributed by atoms with E-state index in [4.69, 9.17) is 4.74 Å². The minimum Gasteiger partial charge on any atom is -0.379 e. The van der Waals surface area contributed by atoms with E-state index in [1.165, 1.54) is 18.9 Å². The molecule has 0 bridgehead atoms. The maximum atomic E-state index is 13.2. The van der Waals surface area contributed by atoms with Crippen molar-refractivity contribution >= 4 is 0 Å². The molecule has 0 aliphatic heterocycles. The van der Waals surface area contributed by atoms with Gasteiger partial charge in [0.2, 0.25) is 0 Å². The molecule has 1 fully saturated rings. The van der Waals surface area contributed by atoms with Crippen LogP contribution in [0.3, 0.4) is 0 Å². The summed E-state index contributed by atoms with van der Waals surface area (Å²) in [5.41, 5.74) is 2.14. The van der Waals surface area contributed by atoms with Crippen LogP contribution in [0.1, 0.15) is 36.9 Å². The molecule has 2 unspecified atom stereocenters. The second-order valence-electron chi connectivity index (χ2n) is 5.07. The third-order valence-electron chi connectivity index (χ3n) is 3.68. The average Bonchev–Trinajstić information content (AvgIpc) is 3.14. The van der Waals surface area contributed by atoms with Gasteiger partial charge < -0.3 is 10.1 Å². The Kier molecular flexibility index (Phi) is 4.36. The van der Waals surface area contributed by atoms with Gasteiger partial charge in [-0.1, -0.05) is 13.0 Å². The molecule has 0 amide bonds. The number of hydrogen-bond acceptors (Lipinski definition) is 2. The molecule has 18 heavy (non-hydrogen) atoms. The Morgan fingerprint density at radius 2 is 2.17 bits per heavy atom. The van der Waals surface area contributed by atoms with Crippen LogP contribution < -0.4 is 5.32 Å². The van der Waals surface area contributed by atoms with Crippen LogP contribution in [0.4, 0.5) is 4.39 Å². The molecule has 2 atom stereocenters. The van der Waals surface area contributed by atoms with Crippen molar-refractivity contribution in [1.82, 2.24) is 5.32 Å². The highest BCUT2D eigenvalue weighted by molar-refractivity contribution is 5.31. The topological polar surface area (TPSA) is 21.3 Å². The van der Waals surface area contributed by atoms with Gasteiger partial charge in [0.25, 0.3) is 0 Å². The third kappa shape index (κ3) is 2.90. The summed E-state index contributed by atoms with van der Waals surface area (Å²) in [7, 11) is 1.77. The van der Waals surface area contributed by atoms with Crippen molar-refractivity contribution < 1.29 is 9.13 Å². The Balaban J connectivity index is 2.27. The summed E-state index contributed by atoms with van der Waals surface area (Å²) in [6, 6.07) is 5.17. The van der Waals surface area contributed by atoms with Gasteiger partial charge in [0.1, 0.15) is 5.82 Å². The highest BCUT2D eigenvalue weighted by Gasteiger charge is 2.37. The minimum absolute atomic E-state index is 0.160. The fourth-order valence-corrected chi connectivity index (χ4v) is 2.64. The predicted octanol–water partition coefficient (Wildman–Crippen LogP) is 3.21. The van der Waals surface area contributed by atoms with Crippen molar-refractivity contribution in [2.24, 2.45) is 5.92 Å². The number of rotatable bonds is 6. The normalized spacial score (nSPS) is 18.7. The number of hydrogen-bond donors (Lipinski definition) is 1. The van der Waals surface area contributed by atoms with Gasteiger partial charge >= 0.3 is 0 Å². The van der Waals surface area contributed by atoms with Crippen LogP contribution in [-0.4, -0.2) is 19.8 Å². The van der Waals surface area contributed by atoms with Crippen molar-refractivity contribution in [1.29, 1.82) is 0 Å². The van der Waals surface area contributed by atoms with Crippen LogP contribution in [0.15, 0.2) is 18.2 Å². The van der Waals surface area contributed by atoms with Crippen molar-refractivity contribution in [3.05, 3.63) is 35.1 Å². The smallest absolute Gasteiger partial charge is 0.123 e. The molecule has 2 rings (SSSR count). The first-order valence-electron chi connectivity index (χ1n) is 6.69. The van der Waals surface area contributed by atoms with E-state index in [2.05, 4.69) is 12.2 Å².